The van der Waals surface area contributed by atoms with E-state index in [1.165, 1.54) is 7.11 Å². The zero-order valence-corrected chi connectivity index (χ0v) is 25.9. The number of carbonyl (C=O) groups excluding carboxylic acids is 3. The lowest BCUT2D eigenvalue weighted by Gasteiger charge is -2.38. The van der Waals surface area contributed by atoms with Gasteiger partial charge in [-0.3, -0.25) is 14.4 Å². The van der Waals surface area contributed by atoms with E-state index in [0.29, 0.717) is 46.2 Å². The molecule has 0 aromatic heterocycles. The van der Waals surface area contributed by atoms with Crippen LogP contribution in [0.2, 0.25) is 0 Å². The fourth-order valence-corrected chi connectivity index (χ4v) is 7.44. The van der Waals surface area contributed by atoms with Crippen molar-refractivity contribution >= 4 is 29.2 Å². The minimum Gasteiger partial charge on any atom is -0.497 e. The second kappa shape index (κ2) is 11.5. The average molecular weight is 615 g/mol. The summed E-state index contributed by atoms with van der Waals surface area (Å²) in [7, 11) is 3.04. The van der Waals surface area contributed by atoms with Crippen LogP contribution >= 0.6 is 0 Å². The molecule has 1 amide bonds. The first kappa shape index (κ1) is 29.3. The van der Waals surface area contributed by atoms with Gasteiger partial charge in [0.1, 0.15) is 28.7 Å². The Morgan fingerprint density at radius 2 is 1.61 bits per heavy atom. The van der Waals surface area contributed by atoms with Gasteiger partial charge in [-0.15, -0.1) is 0 Å². The molecule has 0 unspecified atom stereocenters. The lowest BCUT2D eigenvalue weighted by molar-refractivity contribution is -0.122. The van der Waals surface area contributed by atoms with Crippen molar-refractivity contribution in [2.75, 3.05) is 26.1 Å². The highest BCUT2D eigenvalue weighted by molar-refractivity contribution is 6.17. The van der Waals surface area contributed by atoms with Crippen molar-refractivity contribution in [2.45, 2.75) is 30.8 Å². The standard InChI is InChI=1S/C38H34N2O6/c1-4-21-46-25-15-13-24(14-16-25)34(41)32-33(35(42)28-18-17-26(44-2)22-31(28)45-3)40-20-19-23-9-5-6-10-27(23)36(40)38(32)29-11-7-8-12-30(29)39-37(38)43/h5-20,22,32-33,36H,4,21H2,1-3H3,(H,39,43)/t32-,33-,36-,38-/m1/s1. The summed E-state index contributed by atoms with van der Waals surface area (Å²) in [6.45, 7) is 2.58. The summed E-state index contributed by atoms with van der Waals surface area (Å²) < 4.78 is 16.8. The number of anilines is 1. The molecule has 3 aliphatic rings. The number of para-hydroxylation sites is 1. The highest BCUT2D eigenvalue weighted by atomic mass is 16.5. The van der Waals surface area contributed by atoms with Gasteiger partial charge in [-0.05, 0) is 71.7 Å². The number of ketones is 2. The third-order valence-corrected chi connectivity index (χ3v) is 9.41. The Morgan fingerprint density at radius 1 is 0.870 bits per heavy atom. The van der Waals surface area contributed by atoms with Crippen LogP contribution in [0, 0.1) is 5.92 Å². The van der Waals surface area contributed by atoms with Gasteiger partial charge in [0, 0.05) is 23.5 Å². The Balaban J connectivity index is 1.48. The molecular weight excluding hydrogens is 580 g/mol. The number of nitrogens with zero attached hydrogens (tertiary/aromatic N) is 1. The molecule has 4 atom stereocenters. The number of amides is 1. The number of methoxy groups -OCH3 is 2. The van der Waals surface area contributed by atoms with E-state index in [-0.39, 0.29) is 17.5 Å². The fourth-order valence-electron chi connectivity index (χ4n) is 7.44. The largest absolute Gasteiger partial charge is 0.497 e. The minimum absolute atomic E-state index is 0.296. The van der Waals surface area contributed by atoms with Gasteiger partial charge >= 0.3 is 0 Å². The smallest absolute Gasteiger partial charge is 0.238 e. The molecule has 0 radical (unpaired) electrons. The van der Waals surface area contributed by atoms with E-state index in [4.69, 9.17) is 14.2 Å². The van der Waals surface area contributed by atoms with Crippen molar-refractivity contribution < 1.29 is 28.6 Å². The molecule has 1 fully saturated rings. The third kappa shape index (κ3) is 4.31. The van der Waals surface area contributed by atoms with Crippen molar-refractivity contribution in [1.82, 2.24) is 4.90 Å². The summed E-state index contributed by atoms with van der Waals surface area (Å²) in [5, 5.41) is 3.09. The van der Waals surface area contributed by atoms with E-state index in [0.717, 1.165) is 17.5 Å². The molecule has 1 N–H and O–H groups in total. The Labute approximate surface area is 267 Å². The van der Waals surface area contributed by atoms with Crippen molar-refractivity contribution in [2.24, 2.45) is 5.92 Å². The lowest BCUT2D eigenvalue weighted by atomic mass is 9.62. The zero-order chi connectivity index (χ0) is 32.0. The summed E-state index contributed by atoms with van der Waals surface area (Å²) in [4.78, 5) is 46.6. The van der Waals surface area contributed by atoms with E-state index < -0.39 is 23.4 Å². The first-order valence-electron chi connectivity index (χ1n) is 15.4. The molecule has 4 aromatic rings. The molecule has 8 heteroatoms. The lowest BCUT2D eigenvalue weighted by Crippen LogP contribution is -2.49. The number of carbonyl (C=O) groups is 3. The van der Waals surface area contributed by atoms with E-state index in [9.17, 15) is 9.59 Å². The van der Waals surface area contributed by atoms with Crippen LogP contribution in [-0.2, 0) is 10.2 Å². The Kier molecular flexibility index (Phi) is 7.35. The number of ether oxygens (including phenoxy) is 3. The Hall–Kier alpha value is -5.37. The topological polar surface area (TPSA) is 94.2 Å². The summed E-state index contributed by atoms with van der Waals surface area (Å²) in [6.07, 6.45) is 4.65. The van der Waals surface area contributed by atoms with Crippen LogP contribution in [0.4, 0.5) is 5.69 Å². The Morgan fingerprint density at radius 3 is 2.37 bits per heavy atom. The molecule has 1 saturated heterocycles. The maximum atomic E-state index is 15.1. The highest BCUT2D eigenvalue weighted by Gasteiger charge is 2.70. The van der Waals surface area contributed by atoms with E-state index in [1.54, 1.807) is 49.6 Å². The summed E-state index contributed by atoms with van der Waals surface area (Å²) in [5.74, 6) is -0.547. The van der Waals surface area contributed by atoms with Crippen LogP contribution in [-0.4, -0.2) is 49.2 Å². The normalized spacial score (nSPS) is 22.1. The number of fused-ring (bicyclic) bond motifs is 6. The van der Waals surface area contributed by atoms with Gasteiger partial charge in [0.2, 0.25) is 5.91 Å². The average Bonchev–Trinajstić information content (AvgIpc) is 3.58. The van der Waals surface area contributed by atoms with Gasteiger partial charge in [0.05, 0.1) is 38.3 Å². The van der Waals surface area contributed by atoms with Gasteiger partial charge < -0.3 is 24.4 Å². The van der Waals surface area contributed by atoms with Crippen molar-refractivity contribution in [3.8, 4) is 17.2 Å². The molecule has 8 nitrogen and oxygen atoms in total. The molecule has 0 aliphatic carbocycles. The number of rotatable bonds is 9. The number of hydrogen-bond donors (Lipinski definition) is 1. The first-order chi connectivity index (χ1) is 22.4. The number of Topliss-reactive ketones (excluding diaryl/α,β-unsaturated/α-hetero) is 2. The molecule has 232 valence electrons. The van der Waals surface area contributed by atoms with Crippen LogP contribution < -0.4 is 19.5 Å². The summed E-state index contributed by atoms with van der Waals surface area (Å²) >= 11 is 0. The summed E-state index contributed by atoms with van der Waals surface area (Å²) in [6, 6.07) is 25.6. The van der Waals surface area contributed by atoms with Crippen LogP contribution in [0.25, 0.3) is 6.08 Å². The number of nitrogens with one attached hydrogen (secondary N) is 1. The fraction of sp³-hybridized carbons (Fsp3) is 0.237. The van der Waals surface area contributed by atoms with Gasteiger partial charge in [0.15, 0.2) is 11.6 Å². The molecule has 4 aromatic carbocycles. The molecule has 3 aliphatic heterocycles. The summed E-state index contributed by atoms with van der Waals surface area (Å²) in [5.41, 5.74) is 2.39. The molecule has 46 heavy (non-hydrogen) atoms. The van der Waals surface area contributed by atoms with E-state index in [1.807, 2.05) is 72.6 Å². The van der Waals surface area contributed by atoms with Crippen LogP contribution in [0.3, 0.4) is 0 Å². The van der Waals surface area contributed by atoms with Crippen LogP contribution in [0.15, 0.2) is 97.2 Å². The van der Waals surface area contributed by atoms with Crippen molar-refractivity contribution in [1.29, 1.82) is 0 Å². The van der Waals surface area contributed by atoms with Crippen LogP contribution in [0.5, 0.6) is 17.2 Å². The Bertz CT molecular complexity index is 1880. The molecule has 7 rings (SSSR count). The van der Waals surface area contributed by atoms with E-state index >= 15 is 4.79 Å². The van der Waals surface area contributed by atoms with Gasteiger partial charge in [-0.2, -0.15) is 0 Å². The maximum absolute atomic E-state index is 15.1. The van der Waals surface area contributed by atoms with Gasteiger partial charge in [-0.1, -0.05) is 49.4 Å². The van der Waals surface area contributed by atoms with Crippen LogP contribution in [0.1, 0.15) is 56.8 Å². The minimum atomic E-state index is -1.42. The van der Waals surface area contributed by atoms with Gasteiger partial charge in [0.25, 0.3) is 0 Å². The number of benzene rings is 4. The third-order valence-electron chi connectivity index (χ3n) is 9.41. The molecule has 1 spiro atoms. The van der Waals surface area contributed by atoms with Gasteiger partial charge in [-0.25, -0.2) is 0 Å². The zero-order valence-electron chi connectivity index (χ0n) is 25.9. The second-order valence-corrected chi connectivity index (χ2v) is 11.8. The molecule has 0 bridgehead atoms. The predicted octanol–water partition coefficient (Wildman–Crippen LogP) is 6.47. The first-order valence-corrected chi connectivity index (χ1v) is 15.4. The molecule has 0 saturated carbocycles. The van der Waals surface area contributed by atoms with E-state index in [2.05, 4.69) is 5.32 Å². The highest BCUT2D eigenvalue weighted by Crippen LogP contribution is 2.62. The monoisotopic (exact) mass is 614 g/mol. The molecule has 3 heterocycles. The van der Waals surface area contributed by atoms with Crippen molar-refractivity contribution in [3.63, 3.8) is 0 Å². The molecular formula is C38H34N2O6. The maximum Gasteiger partial charge on any atom is 0.238 e. The quantitative estimate of drug-likeness (QED) is 0.216. The second-order valence-electron chi connectivity index (χ2n) is 11.8. The predicted molar refractivity (Wildman–Crippen MR) is 175 cm³/mol. The van der Waals surface area contributed by atoms with Crippen molar-refractivity contribution in [3.05, 3.63) is 125 Å². The number of hydrogen-bond acceptors (Lipinski definition) is 7. The SMILES string of the molecule is CCCOc1ccc(C(=O)[C@H]2[C@H](C(=O)c3ccc(OC)cc3OC)N3C=Cc4ccccc4[C@@H]3[C@]23C(=O)Nc2ccccc23)cc1.